The number of nitrogens with zero attached hydrogens (tertiary/aromatic N) is 1. The van der Waals surface area contributed by atoms with Crippen LogP contribution in [-0.4, -0.2) is 28.1 Å². The third-order valence-electron chi connectivity index (χ3n) is 7.22. The van der Waals surface area contributed by atoms with Crippen LogP contribution in [0.4, 0.5) is 39.5 Å². The fraction of sp³-hybridized carbons (Fsp3) is 0.344. The summed E-state index contributed by atoms with van der Waals surface area (Å²) in [6, 6.07) is 0.654. The van der Waals surface area contributed by atoms with Crippen molar-refractivity contribution in [2.24, 2.45) is 11.7 Å². The molecule has 0 aliphatic heterocycles. The van der Waals surface area contributed by atoms with E-state index in [2.05, 4.69) is 0 Å². The van der Waals surface area contributed by atoms with Crippen molar-refractivity contribution in [3.8, 4) is 11.1 Å². The standard InChI is InChI=1S/C32H30F9N3O4/c1-14(2)7-23(44-13-17(5-6-42)19(11-24(44)45)31(36,37)38)30(48)43-22(12-25(46)47)27-28(34)18(10-20(29(27)35)32(39,40)41)26-16(4)8-15(3)9-21(26)33/h8-14,23H,5-7,42H2,1-4H3,(H,43,48)(H,46,47)/b22-12+. The van der Waals surface area contributed by atoms with Crippen LogP contribution >= 0.6 is 0 Å². The van der Waals surface area contributed by atoms with Crippen LogP contribution in [0.5, 0.6) is 0 Å². The summed E-state index contributed by atoms with van der Waals surface area (Å²) in [5.41, 5.74) is -4.44. The molecule has 0 saturated carbocycles. The van der Waals surface area contributed by atoms with E-state index in [1.165, 1.54) is 19.9 Å². The lowest BCUT2D eigenvalue weighted by molar-refractivity contribution is -0.140. The topological polar surface area (TPSA) is 114 Å². The van der Waals surface area contributed by atoms with Crippen LogP contribution in [0, 0.1) is 37.2 Å². The summed E-state index contributed by atoms with van der Waals surface area (Å²) in [5, 5.41) is 11.4. The van der Waals surface area contributed by atoms with Gasteiger partial charge in [-0.2, -0.15) is 26.3 Å². The number of nitrogens with one attached hydrogen (secondary N) is 1. The minimum Gasteiger partial charge on any atom is -0.478 e. The monoisotopic (exact) mass is 691 g/mol. The van der Waals surface area contributed by atoms with E-state index >= 15 is 13.2 Å². The van der Waals surface area contributed by atoms with Gasteiger partial charge in [0.25, 0.3) is 5.56 Å². The highest BCUT2D eigenvalue weighted by atomic mass is 19.4. The van der Waals surface area contributed by atoms with Gasteiger partial charge in [-0.3, -0.25) is 9.59 Å². The minimum absolute atomic E-state index is 0.0104. The van der Waals surface area contributed by atoms with Crippen molar-refractivity contribution in [1.82, 2.24) is 9.88 Å². The van der Waals surface area contributed by atoms with Gasteiger partial charge in [0.1, 0.15) is 23.5 Å². The summed E-state index contributed by atoms with van der Waals surface area (Å²) in [6.45, 7) is 5.48. The number of hydrogen-bond donors (Lipinski definition) is 3. The molecule has 0 bridgehead atoms. The van der Waals surface area contributed by atoms with Gasteiger partial charge in [-0.25, -0.2) is 18.0 Å². The third kappa shape index (κ3) is 8.27. The molecule has 0 aliphatic carbocycles. The minimum atomic E-state index is -5.53. The molecule has 1 aromatic heterocycles. The largest absolute Gasteiger partial charge is 0.478 e. The lowest BCUT2D eigenvalue weighted by Crippen LogP contribution is -2.38. The molecule has 16 heteroatoms. The highest BCUT2D eigenvalue weighted by Crippen LogP contribution is 2.41. The Kier molecular flexibility index (Phi) is 11.2. The fourth-order valence-electron chi connectivity index (χ4n) is 5.28. The number of carboxylic acid groups (broad SMARTS) is 1. The second-order valence-electron chi connectivity index (χ2n) is 11.4. The van der Waals surface area contributed by atoms with Crippen molar-refractivity contribution in [3.63, 3.8) is 0 Å². The molecule has 1 atom stereocenters. The Morgan fingerprint density at radius 3 is 2.06 bits per heavy atom. The number of carbonyl (C=O) groups is 2. The normalized spacial score (nSPS) is 13.2. The van der Waals surface area contributed by atoms with E-state index in [1.54, 1.807) is 13.8 Å². The van der Waals surface area contributed by atoms with E-state index in [4.69, 9.17) is 5.73 Å². The Morgan fingerprint density at radius 1 is 0.958 bits per heavy atom. The predicted molar refractivity (Wildman–Crippen MR) is 157 cm³/mol. The van der Waals surface area contributed by atoms with Crippen LogP contribution in [0.2, 0.25) is 0 Å². The molecule has 48 heavy (non-hydrogen) atoms. The van der Waals surface area contributed by atoms with Gasteiger partial charge in [0.2, 0.25) is 5.91 Å². The summed E-state index contributed by atoms with van der Waals surface area (Å²) in [6.07, 6.45) is -10.5. The number of benzene rings is 2. The molecule has 0 aliphatic rings. The van der Waals surface area contributed by atoms with Crippen LogP contribution in [0.15, 0.2) is 41.3 Å². The van der Waals surface area contributed by atoms with E-state index in [1.807, 2.05) is 5.32 Å². The van der Waals surface area contributed by atoms with Gasteiger partial charge in [0, 0.05) is 29.5 Å². The number of nitrogens with two attached hydrogens (primary N) is 1. The number of pyridine rings is 1. The number of aromatic nitrogens is 1. The number of amides is 1. The van der Waals surface area contributed by atoms with E-state index in [0.717, 1.165) is 12.3 Å². The molecular formula is C32H30F9N3O4. The van der Waals surface area contributed by atoms with Crippen molar-refractivity contribution in [3.05, 3.63) is 97.7 Å². The second-order valence-corrected chi connectivity index (χ2v) is 11.4. The SMILES string of the molecule is Cc1cc(C)c(-c2cc(C(F)(F)F)c(F)c(/C(=C\C(=O)O)NC(=O)C(CC(C)C)n3cc(CCN)c(C(F)(F)F)cc3=O)c2F)c(F)c1. The quantitative estimate of drug-likeness (QED) is 0.158. The molecule has 0 fully saturated rings. The van der Waals surface area contributed by atoms with E-state index in [9.17, 15) is 45.8 Å². The van der Waals surface area contributed by atoms with Gasteiger partial charge in [-0.05, 0) is 68.0 Å². The number of carbonyl (C=O) groups excluding carboxylic acids is 1. The molecule has 0 saturated heterocycles. The molecule has 0 radical (unpaired) electrons. The van der Waals surface area contributed by atoms with Crippen molar-refractivity contribution < 1.29 is 54.2 Å². The molecule has 1 amide bonds. The molecular weight excluding hydrogens is 661 g/mol. The number of aryl methyl sites for hydroxylation is 2. The van der Waals surface area contributed by atoms with Gasteiger partial charge >= 0.3 is 18.3 Å². The Hall–Kier alpha value is -4.60. The molecule has 4 N–H and O–H groups in total. The molecule has 260 valence electrons. The lowest BCUT2D eigenvalue weighted by atomic mass is 9.92. The van der Waals surface area contributed by atoms with Crippen LogP contribution < -0.4 is 16.6 Å². The number of hydrogen-bond acceptors (Lipinski definition) is 4. The van der Waals surface area contributed by atoms with Crippen molar-refractivity contribution in [1.29, 1.82) is 0 Å². The van der Waals surface area contributed by atoms with Crippen LogP contribution in [0.3, 0.4) is 0 Å². The van der Waals surface area contributed by atoms with Crippen molar-refractivity contribution in [2.45, 2.75) is 58.9 Å². The summed E-state index contributed by atoms with van der Waals surface area (Å²) in [7, 11) is 0. The second kappa shape index (κ2) is 14.3. The molecule has 2 aromatic carbocycles. The molecule has 3 rings (SSSR count). The maximum Gasteiger partial charge on any atom is 0.419 e. The van der Waals surface area contributed by atoms with Crippen LogP contribution in [-0.2, 0) is 28.4 Å². The Labute approximate surface area is 267 Å². The maximum absolute atomic E-state index is 16.2. The fourth-order valence-corrected chi connectivity index (χ4v) is 5.28. The number of rotatable bonds is 10. The highest BCUT2D eigenvalue weighted by molar-refractivity contribution is 5.97. The number of alkyl halides is 6. The molecule has 0 spiro atoms. The predicted octanol–water partition coefficient (Wildman–Crippen LogP) is 6.92. The summed E-state index contributed by atoms with van der Waals surface area (Å²) < 4.78 is 131. The van der Waals surface area contributed by atoms with E-state index in [-0.39, 0.29) is 36.7 Å². The van der Waals surface area contributed by atoms with Crippen molar-refractivity contribution >= 4 is 17.6 Å². The first-order valence-electron chi connectivity index (χ1n) is 14.2. The average molecular weight is 692 g/mol. The van der Waals surface area contributed by atoms with Gasteiger partial charge in [0.15, 0.2) is 0 Å². The van der Waals surface area contributed by atoms with E-state index < -0.39 is 105 Å². The van der Waals surface area contributed by atoms with Crippen LogP contribution in [0.25, 0.3) is 16.8 Å². The van der Waals surface area contributed by atoms with Gasteiger partial charge < -0.3 is 20.7 Å². The van der Waals surface area contributed by atoms with Gasteiger partial charge in [0.05, 0.1) is 22.4 Å². The zero-order chi connectivity index (χ0) is 36.5. The number of carboxylic acids is 1. The summed E-state index contributed by atoms with van der Waals surface area (Å²) >= 11 is 0. The molecule has 1 heterocycles. The smallest absolute Gasteiger partial charge is 0.419 e. The molecule has 1 unspecified atom stereocenters. The Balaban J connectivity index is 2.33. The molecule has 7 nitrogen and oxygen atoms in total. The van der Waals surface area contributed by atoms with Gasteiger partial charge in [-0.1, -0.05) is 19.9 Å². The molecule has 3 aromatic rings. The Morgan fingerprint density at radius 2 is 1.56 bits per heavy atom. The van der Waals surface area contributed by atoms with Crippen molar-refractivity contribution in [2.75, 3.05) is 6.54 Å². The number of halogens is 9. The maximum atomic E-state index is 16.2. The zero-order valence-corrected chi connectivity index (χ0v) is 25.8. The third-order valence-corrected chi connectivity index (χ3v) is 7.22. The van der Waals surface area contributed by atoms with Crippen LogP contribution in [0.1, 0.15) is 59.7 Å². The van der Waals surface area contributed by atoms with Gasteiger partial charge in [-0.15, -0.1) is 0 Å². The summed E-state index contributed by atoms with van der Waals surface area (Å²) in [5.74, 6) is -9.28. The Bertz CT molecular complexity index is 1800. The summed E-state index contributed by atoms with van der Waals surface area (Å²) in [4.78, 5) is 38.4. The first-order valence-corrected chi connectivity index (χ1v) is 14.2. The zero-order valence-electron chi connectivity index (χ0n) is 25.8. The lowest BCUT2D eigenvalue weighted by Gasteiger charge is -2.25. The van der Waals surface area contributed by atoms with E-state index in [0.29, 0.717) is 10.1 Å². The first-order chi connectivity index (χ1) is 22.1. The number of aliphatic carboxylic acids is 1. The highest BCUT2D eigenvalue weighted by Gasteiger charge is 2.40. The average Bonchev–Trinajstić information content (AvgIpc) is 2.91. The first kappa shape index (κ1) is 37.9.